The van der Waals surface area contributed by atoms with Gasteiger partial charge in [0.15, 0.2) is 0 Å². The van der Waals surface area contributed by atoms with Crippen LogP contribution in [0.15, 0.2) is 12.3 Å². The molecule has 5 nitrogen and oxygen atoms in total. The Morgan fingerprint density at radius 1 is 1.53 bits per heavy atom. The van der Waals surface area contributed by atoms with E-state index in [1.54, 1.807) is 12.3 Å². The second-order valence-corrected chi connectivity index (χ2v) is 4.29. The van der Waals surface area contributed by atoms with Gasteiger partial charge in [0.05, 0.1) is 12.7 Å². The molecule has 0 saturated heterocycles. The summed E-state index contributed by atoms with van der Waals surface area (Å²) in [7, 11) is 0. The van der Waals surface area contributed by atoms with Crippen LogP contribution in [0.4, 0.5) is 5.95 Å². The van der Waals surface area contributed by atoms with Crippen LogP contribution in [0.1, 0.15) is 26.2 Å². The summed E-state index contributed by atoms with van der Waals surface area (Å²) in [4.78, 5) is 8.35. The van der Waals surface area contributed by atoms with Crippen molar-refractivity contribution in [3.8, 4) is 5.88 Å². The van der Waals surface area contributed by atoms with Gasteiger partial charge < -0.3 is 15.2 Å². The summed E-state index contributed by atoms with van der Waals surface area (Å²) in [6.07, 6.45) is 4.57. The van der Waals surface area contributed by atoms with Gasteiger partial charge in [-0.3, -0.25) is 0 Å². The van der Waals surface area contributed by atoms with E-state index in [1.165, 1.54) is 0 Å². The molecule has 0 bridgehead atoms. The van der Waals surface area contributed by atoms with Crippen molar-refractivity contribution in [1.82, 2.24) is 9.97 Å². The van der Waals surface area contributed by atoms with Crippen molar-refractivity contribution in [2.45, 2.75) is 32.3 Å². The Balaban J connectivity index is 1.87. The molecule has 2 unspecified atom stereocenters. The third-order valence-electron chi connectivity index (χ3n) is 3.06. The Hall–Kier alpha value is -1.36. The first-order valence-corrected chi connectivity index (χ1v) is 6.17. The zero-order valence-electron chi connectivity index (χ0n) is 10.1. The Kier molecular flexibility index (Phi) is 4.14. The van der Waals surface area contributed by atoms with E-state index in [-0.39, 0.29) is 6.10 Å². The van der Waals surface area contributed by atoms with Crippen molar-refractivity contribution in [2.75, 3.05) is 18.5 Å². The lowest BCUT2D eigenvalue weighted by Crippen LogP contribution is -2.22. The van der Waals surface area contributed by atoms with E-state index >= 15 is 0 Å². The first kappa shape index (κ1) is 12.1. The molecular formula is C12H19N3O2. The largest absolute Gasteiger partial charge is 0.478 e. The molecule has 1 aromatic heterocycles. The van der Waals surface area contributed by atoms with Crippen LogP contribution in [0.2, 0.25) is 0 Å². The van der Waals surface area contributed by atoms with E-state index in [9.17, 15) is 5.11 Å². The first-order valence-electron chi connectivity index (χ1n) is 6.17. The maximum Gasteiger partial charge on any atom is 0.225 e. The first-order chi connectivity index (χ1) is 8.29. The number of aliphatic hydroxyl groups is 1. The van der Waals surface area contributed by atoms with Crippen LogP contribution in [0.3, 0.4) is 0 Å². The monoisotopic (exact) mass is 237 g/mol. The number of nitrogens with zero attached hydrogens (tertiary/aromatic N) is 2. The number of hydrogen-bond acceptors (Lipinski definition) is 5. The molecule has 0 aromatic carbocycles. The molecule has 17 heavy (non-hydrogen) atoms. The molecule has 1 aliphatic rings. The molecule has 0 amide bonds. The summed E-state index contributed by atoms with van der Waals surface area (Å²) in [5.41, 5.74) is 0. The maximum atomic E-state index is 9.70. The highest BCUT2D eigenvalue weighted by atomic mass is 16.5. The Bertz CT molecular complexity index is 359. The van der Waals surface area contributed by atoms with Gasteiger partial charge in [-0.2, -0.15) is 4.98 Å². The fourth-order valence-corrected chi connectivity index (χ4v) is 2.13. The Morgan fingerprint density at radius 3 is 3.12 bits per heavy atom. The zero-order chi connectivity index (χ0) is 12.1. The molecule has 0 radical (unpaired) electrons. The van der Waals surface area contributed by atoms with Gasteiger partial charge in [-0.25, -0.2) is 4.98 Å². The quantitative estimate of drug-likeness (QED) is 0.811. The van der Waals surface area contributed by atoms with Gasteiger partial charge in [0.1, 0.15) is 0 Å². The van der Waals surface area contributed by atoms with Crippen LogP contribution in [0.5, 0.6) is 5.88 Å². The van der Waals surface area contributed by atoms with Crippen LogP contribution in [-0.2, 0) is 0 Å². The third-order valence-corrected chi connectivity index (χ3v) is 3.06. The number of hydrogen-bond donors (Lipinski definition) is 2. The van der Waals surface area contributed by atoms with Gasteiger partial charge in [-0.1, -0.05) is 6.42 Å². The Morgan fingerprint density at radius 2 is 2.41 bits per heavy atom. The molecule has 0 spiro atoms. The average molecular weight is 237 g/mol. The minimum absolute atomic E-state index is 0.183. The summed E-state index contributed by atoms with van der Waals surface area (Å²) in [6, 6.07) is 1.74. The fourth-order valence-electron chi connectivity index (χ4n) is 2.13. The van der Waals surface area contributed by atoms with Gasteiger partial charge in [0.25, 0.3) is 0 Å². The zero-order valence-corrected chi connectivity index (χ0v) is 10.1. The van der Waals surface area contributed by atoms with Crippen LogP contribution < -0.4 is 10.1 Å². The van der Waals surface area contributed by atoms with Crippen molar-refractivity contribution in [2.24, 2.45) is 5.92 Å². The molecule has 1 fully saturated rings. The van der Waals surface area contributed by atoms with Crippen LogP contribution in [0.25, 0.3) is 0 Å². The van der Waals surface area contributed by atoms with Gasteiger partial charge in [0.2, 0.25) is 11.8 Å². The highest BCUT2D eigenvalue weighted by Gasteiger charge is 2.24. The fraction of sp³-hybridized carbons (Fsp3) is 0.667. The van der Waals surface area contributed by atoms with Crippen molar-refractivity contribution in [3.63, 3.8) is 0 Å². The topological polar surface area (TPSA) is 67.3 Å². The normalized spacial score (nSPS) is 23.6. The number of rotatable bonds is 5. The lowest BCUT2D eigenvalue weighted by Gasteiger charge is -2.15. The number of nitrogens with one attached hydrogen (secondary N) is 1. The van der Waals surface area contributed by atoms with Crippen LogP contribution >= 0.6 is 0 Å². The van der Waals surface area contributed by atoms with Crippen molar-refractivity contribution in [3.05, 3.63) is 12.3 Å². The van der Waals surface area contributed by atoms with Gasteiger partial charge in [0, 0.05) is 24.7 Å². The highest BCUT2D eigenvalue weighted by molar-refractivity contribution is 5.27. The maximum absolute atomic E-state index is 9.70. The number of aromatic nitrogens is 2. The van der Waals surface area contributed by atoms with Crippen LogP contribution in [0, 0.1) is 5.92 Å². The highest BCUT2D eigenvalue weighted by Crippen LogP contribution is 2.25. The van der Waals surface area contributed by atoms with Gasteiger partial charge in [-0.05, 0) is 19.8 Å². The van der Waals surface area contributed by atoms with Crippen molar-refractivity contribution in [1.29, 1.82) is 0 Å². The summed E-state index contributed by atoms with van der Waals surface area (Å²) in [5.74, 6) is 1.46. The molecule has 1 saturated carbocycles. The molecule has 1 aromatic rings. The lowest BCUT2D eigenvalue weighted by atomic mass is 10.1. The van der Waals surface area contributed by atoms with E-state index < -0.39 is 0 Å². The summed E-state index contributed by atoms with van der Waals surface area (Å²) in [6.45, 7) is 3.23. The van der Waals surface area contributed by atoms with E-state index in [0.717, 1.165) is 25.8 Å². The molecule has 1 heterocycles. The predicted molar refractivity (Wildman–Crippen MR) is 65.0 cm³/mol. The summed E-state index contributed by atoms with van der Waals surface area (Å²) in [5, 5.41) is 12.9. The second-order valence-electron chi connectivity index (χ2n) is 4.29. The molecular weight excluding hydrogens is 218 g/mol. The molecule has 0 aliphatic heterocycles. The average Bonchev–Trinajstić information content (AvgIpc) is 2.73. The molecule has 2 atom stereocenters. The standard InChI is InChI=1S/C12H19N3O2/c1-2-17-11-6-7-13-12(15-11)14-8-9-4-3-5-10(9)16/h6-7,9-10,16H,2-5,8H2,1H3,(H,13,14,15). The summed E-state index contributed by atoms with van der Waals surface area (Å²) >= 11 is 0. The predicted octanol–water partition coefficient (Wildman–Crippen LogP) is 1.45. The van der Waals surface area contributed by atoms with E-state index in [2.05, 4.69) is 15.3 Å². The van der Waals surface area contributed by atoms with E-state index in [1.807, 2.05) is 6.92 Å². The SMILES string of the molecule is CCOc1ccnc(NCC2CCCC2O)n1. The minimum atomic E-state index is -0.183. The van der Waals surface area contributed by atoms with Crippen molar-refractivity contribution >= 4 is 5.95 Å². The number of aliphatic hydroxyl groups excluding tert-OH is 1. The Labute approximate surface area is 101 Å². The van der Waals surface area contributed by atoms with Gasteiger partial charge in [-0.15, -0.1) is 0 Å². The lowest BCUT2D eigenvalue weighted by molar-refractivity contribution is 0.138. The molecule has 5 heteroatoms. The smallest absolute Gasteiger partial charge is 0.225 e. The minimum Gasteiger partial charge on any atom is -0.478 e. The number of ether oxygens (including phenoxy) is 1. The van der Waals surface area contributed by atoms with E-state index in [4.69, 9.17) is 4.74 Å². The van der Waals surface area contributed by atoms with Crippen LogP contribution in [-0.4, -0.2) is 34.3 Å². The third kappa shape index (κ3) is 3.30. The molecule has 1 aliphatic carbocycles. The molecule has 2 N–H and O–H groups in total. The van der Waals surface area contributed by atoms with Gasteiger partial charge >= 0.3 is 0 Å². The summed E-state index contributed by atoms with van der Waals surface area (Å²) < 4.78 is 5.30. The second kappa shape index (κ2) is 5.82. The molecule has 94 valence electrons. The van der Waals surface area contributed by atoms with Crippen molar-refractivity contribution < 1.29 is 9.84 Å². The molecule has 2 rings (SSSR count). The van der Waals surface area contributed by atoms with E-state index in [0.29, 0.717) is 24.4 Å². The number of anilines is 1.